The van der Waals surface area contributed by atoms with E-state index in [1.54, 1.807) is 0 Å². The Morgan fingerprint density at radius 3 is 2.81 bits per heavy atom. The lowest BCUT2D eigenvalue weighted by molar-refractivity contribution is -0.135. The maximum Gasteiger partial charge on any atom is 0.224 e. The van der Waals surface area contributed by atoms with Gasteiger partial charge in [-0.1, -0.05) is 6.42 Å². The molecule has 1 N–H and O–H groups in total. The summed E-state index contributed by atoms with van der Waals surface area (Å²) < 4.78 is 0. The Kier molecular flexibility index (Phi) is 5.56. The van der Waals surface area contributed by atoms with Crippen molar-refractivity contribution in [2.45, 2.75) is 44.6 Å². The number of likely N-dealkylation sites (tertiary alicyclic amines) is 1. The number of carbonyl (C=O) groups is 1. The summed E-state index contributed by atoms with van der Waals surface area (Å²) in [5, 5.41) is 3.05. The Hall–Kier alpha value is -0.280. The van der Waals surface area contributed by atoms with Gasteiger partial charge in [0.05, 0.1) is 0 Å². The van der Waals surface area contributed by atoms with Crippen LogP contribution in [0.15, 0.2) is 0 Å². The Balaban J connectivity index is 0.00000128. The Morgan fingerprint density at radius 2 is 2.06 bits per heavy atom. The fourth-order valence-corrected chi connectivity index (χ4v) is 3.14. The molecule has 16 heavy (non-hydrogen) atoms. The molecule has 1 amide bonds. The smallest absolute Gasteiger partial charge is 0.224 e. The first kappa shape index (κ1) is 13.8. The summed E-state index contributed by atoms with van der Waals surface area (Å²) in [5.74, 6) is 1.18. The van der Waals surface area contributed by atoms with Crippen LogP contribution in [0.1, 0.15) is 38.5 Å². The summed E-state index contributed by atoms with van der Waals surface area (Å²) in [6.07, 6.45) is 7.15. The van der Waals surface area contributed by atoms with E-state index in [1.807, 2.05) is 7.05 Å². The Bertz CT molecular complexity index is 235. The monoisotopic (exact) mass is 246 g/mol. The molecule has 0 aromatic heterocycles. The number of halogens is 1. The lowest BCUT2D eigenvalue weighted by atomic mass is 9.92. The number of fused-ring (bicyclic) bond motifs is 1. The van der Waals surface area contributed by atoms with Gasteiger partial charge in [0.25, 0.3) is 0 Å². The van der Waals surface area contributed by atoms with E-state index in [1.165, 1.54) is 32.1 Å². The van der Waals surface area contributed by atoms with Gasteiger partial charge in [-0.15, -0.1) is 12.4 Å². The molecule has 4 heteroatoms. The van der Waals surface area contributed by atoms with Gasteiger partial charge in [-0.25, -0.2) is 0 Å². The van der Waals surface area contributed by atoms with Crippen LogP contribution in [0.3, 0.4) is 0 Å². The van der Waals surface area contributed by atoms with Crippen LogP contribution in [0.5, 0.6) is 0 Å². The van der Waals surface area contributed by atoms with Crippen LogP contribution in [0.25, 0.3) is 0 Å². The summed E-state index contributed by atoms with van der Waals surface area (Å²) in [5.41, 5.74) is 0. The third-order valence-electron chi connectivity index (χ3n) is 3.90. The van der Waals surface area contributed by atoms with Crippen molar-refractivity contribution in [3.8, 4) is 0 Å². The van der Waals surface area contributed by atoms with Crippen molar-refractivity contribution in [3.63, 3.8) is 0 Å². The normalized spacial score (nSPS) is 28.4. The van der Waals surface area contributed by atoms with Crippen LogP contribution in [-0.2, 0) is 4.79 Å². The van der Waals surface area contributed by atoms with Gasteiger partial charge in [-0.3, -0.25) is 4.79 Å². The quantitative estimate of drug-likeness (QED) is 0.824. The predicted octanol–water partition coefficient (Wildman–Crippen LogP) is 1.81. The lowest BCUT2D eigenvalue weighted by Gasteiger charge is -2.38. The van der Waals surface area contributed by atoms with Gasteiger partial charge in [0.1, 0.15) is 0 Å². The van der Waals surface area contributed by atoms with Gasteiger partial charge in [-0.2, -0.15) is 0 Å². The van der Waals surface area contributed by atoms with E-state index in [0.29, 0.717) is 18.4 Å². The SMILES string of the molecule is CNCCC(=O)N1CCCC2CCCC21.Cl. The van der Waals surface area contributed by atoms with E-state index in [-0.39, 0.29) is 12.4 Å². The number of rotatable bonds is 3. The average Bonchev–Trinajstić information content (AvgIpc) is 2.73. The number of piperidine rings is 1. The van der Waals surface area contributed by atoms with Gasteiger partial charge in [-0.05, 0) is 38.6 Å². The molecule has 1 saturated carbocycles. The minimum Gasteiger partial charge on any atom is -0.339 e. The first-order valence-electron chi connectivity index (χ1n) is 6.27. The van der Waals surface area contributed by atoms with Crippen molar-refractivity contribution in [3.05, 3.63) is 0 Å². The fourth-order valence-electron chi connectivity index (χ4n) is 3.14. The highest BCUT2D eigenvalue weighted by Crippen LogP contribution is 2.36. The minimum absolute atomic E-state index is 0. The number of nitrogens with one attached hydrogen (secondary N) is 1. The molecule has 0 spiro atoms. The van der Waals surface area contributed by atoms with Crippen molar-refractivity contribution in [2.75, 3.05) is 20.1 Å². The highest BCUT2D eigenvalue weighted by atomic mass is 35.5. The van der Waals surface area contributed by atoms with Gasteiger partial charge < -0.3 is 10.2 Å². The molecule has 0 aromatic rings. The maximum atomic E-state index is 12.0. The van der Waals surface area contributed by atoms with Crippen LogP contribution >= 0.6 is 12.4 Å². The van der Waals surface area contributed by atoms with E-state index in [4.69, 9.17) is 0 Å². The molecule has 1 aliphatic carbocycles. The second-order valence-corrected chi connectivity index (χ2v) is 4.84. The fraction of sp³-hybridized carbons (Fsp3) is 0.917. The molecule has 0 radical (unpaired) electrons. The third kappa shape index (κ3) is 2.89. The van der Waals surface area contributed by atoms with E-state index >= 15 is 0 Å². The molecule has 2 atom stereocenters. The summed E-state index contributed by atoms with van der Waals surface area (Å²) in [4.78, 5) is 14.2. The molecular weight excluding hydrogens is 224 g/mol. The summed E-state index contributed by atoms with van der Waals surface area (Å²) in [6.45, 7) is 1.82. The van der Waals surface area contributed by atoms with Crippen LogP contribution < -0.4 is 5.32 Å². The number of nitrogens with zero attached hydrogens (tertiary/aromatic N) is 1. The van der Waals surface area contributed by atoms with Crippen LogP contribution in [0.2, 0.25) is 0 Å². The van der Waals surface area contributed by atoms with E-state index in [9.17, 15) is 4.79 Å². The van der Waals surface area contributed by atoms with Gasteiger partial charge in [0, 0.05) is 25.6 Å². The molecule has 3 nitrogen and oxygen atoms in total. The number of hydrogen-bond donors (Lipinski definition) is 1. The van der Waals surface area contributed by atoms with E-state index in [2.05, 4.69) is 10.2 Å². The molecule has 94 valence electrons. The van der Waals surface area contributed by atoms with Gasteiger partial charge >= 0.3 is 0 Å². The topological polar surface area (TPSA) is 32.3 Å². The second kappa shape index (κ2) is 6.45. The standard InChI is InChI=1S/C12H22N2O.ClH/c1-13-8-7-12(15)14-9-3-5-10-4-2-6-11(10)14;/h10-11,13H,2-9H2,1H3;1H. The lowest BCUT2D eigenvalue weighted by Crippen LogP contribution is -2.46. The number of carbonyl (C=O) groups excluding carboxylic acids is 1. The van der Waals surface area contributed by atoms with Crippen LogP contribution in [0.4, 0.5) is 0 Å². The number of hydrogen-bond acceptors (Lipinski definition) is 2. The molecule has 2 aliphatic rings. The van der Waals surface area contributed by atoms with Crippen LogP contribution in [-0.4, -0.2) is 37.0 Å². The Morgan fingerprint density at radius 1 is 1.31 bits per heavy atom. The van der Waals surface area contributed by atoms with Crippen molar-refractivity contribution in [2.24, 2.45) is 5.92 Å². The van der Waals surface area contributed by atoms with Crippen molar-refractivity contribution in [1.29, 1.82) is 0 Å². The molecule has 2 fully saturated rings. The third-order valence-corrected chi connectivity index (χ3v) is 3.90. The first-order valence-corrected chi connectivity index (χ1v) is 6.27. The van der Waals surface area contributed by atoms with Crippen molar-refractivity contribution in [1.82, 2.24) is 10.2 Å². The second-order valence-electron chi connectivity index (χ2n) is 4.84. The molecule has 1 aliphatic heterocycles. The van der Waals surface area contributed by atoms with Crippen molar-refractivity contribution < 1.29 is 4.79 Å². The zero-order valence-corrected chi connectivity index (χ0v) is 10.9. The van der Waals surface area contributed by atoms with Gasteiger partial charge in [0.2, 0.25) is 5.91 Å². The van der Waals surface area contributed by atoms with E-state index in [0.717, 1.165) is 19.0 Å². The summed E-state index contributed by atoms with van der Waals surface area (Å²) >= 11 is 0. The molecule has 0 aromatic carbocycles. The highest BCUT2D eigenvalue weighted by molar-refractivity contribution is 5.85. The zero-order valence-electron chi connectivity index (χ0n) is 10.1. The average molecular weight is 247 g/mol. The molecule has 2 rings (SSSR count). The van der Waals surface area contributed by atoms with Crippen LogP contribution in [0, 0.1) is 5.92 Å². The molecule has 1 saturated heterocycles. The van der Waals surface area contributed by atoms with E-state index < -0.39 is 0 Å². The van der Waals surface area contributed by atoms with Gasteiger partial charge in [0.15, 0.2) is 0 Å². The maximum absolute atomic E-state index is 12.0. The minimum atomic E-state index is 0. The largest absolute Gasteiger partial charge is 0.339 e. The highest BCUT2D eigenvalue weighted by Gasteiger charge is 2.36. The predicted molar refractivity (Wildman–Crippen MR) is 67.9 cm³/mol. The Labute approximate surface area is 104 Å². The van der Waals surface area contributed by atoms with Crippen molar-refractivity contribution >= 4 is 18.3 Å². The molecule has 1 heterocycles. The zero-order chi connectivity index (χ0) is 10.7. The molecular formula is C12H23ClN2O. The number of amides is 1. The molecule has 2 unspecified atom stereocenters. The molecule has 0 bridgehead atoms. The first-order chi connectivity index (χ1) is 7.33. The summed E-state index contributed by atoms with van der Waals surface area (Å²) in [6, 6.07) is 0.586. The summed E-state index contributed by atoms with van der Waals surface area (Å²) in [7, 11) is 1.90.